The van der Waals surface area contributed by atoms with Crippen molar-refractivity contribution < 1.29 is 14.3 Å². The summed E-state index contributed by atoms with van der Waals surface area (Å²) in [6.07, 6.45) is 0. The molecule has 1 aromatic heterocycles. The molecule has 0 unspecified atom stereocenters. The number of phenolic OH excluding ortho intramolecular Hbond substituents is 1. The minimum Gasteiger partial charge on any atom is -0.508 e. The highest BCUT2D eigenvalue weighted by Crippen LogP contribution is 2.36. The lowest BCUT2D eigenvalue weighted by Crippen LogP contribution is -2.04. The standard InChI is InChI=1S/C24H20O3/c1-14-12-18(13-15(2)16(14)3)23(26)22-20-6-4-5-7-21(20)27-24(22)17-8-10-19(25)11-9-17/h4-13,25H,1-3H3. The van der Waals surface area contributed by atoms with E-state index in [-0.39, 0.29) is 11.5 Å². The number of para-hydroxylation sites is 1. The summed E-state index contributed by atoms with van der Waals surface area (Å²) in [5.41, 5.74) is 6.02. The number of phenols is 1. The highest BCUT2D eigenvalue weighted by atomic mass is 16.3. The van der Waals surface area contributed by atoms with Crippen molar-refractivity contribution in [1.29, 1.82) is 0 Å². The molecule has 27 heavy (non-hydrogen) atoms. The van der Waals surface area contributed by atoms with E-state index in [0.29, 0.717) is 22.5 Å². The molecule has 134 valence electrons. The molecule has 0 fully saturated rings. The van der Waals surface area contributed by atoms with Gasteiger partial charge in [0.1, 0.15) is 17.1 Å². The van der Waals surface area contributed by atoms with Crippen LogP contribution in [0.1, 0.15) is 32.6 Å². The van der Waals surface area contributed by atoms with Gasteiger partial charge in [-0.3, -0.25) is 4.79 Å². The van der Waals surface area contributed by atoms with E-state index in [1.54, 1.807) is 24.3 Å². The van der Waals surface area contributed by atoms with Crippen molar-refractivity contribution in [2.75, 3.05) is 0 Å². The third-order valence-corrected chi connectivity index (χ3v) is 5.14. The Kier molecular flexibility index (Phi) is 4.08. The zero-order chi connectivity index (χ0) is 19.1. The van der Waals surface area contributed by atoms with Crippen molar-refractivity contribution >= 4 is 16.8 Å². The fourth-order valence-corrected chi connectivity index (χ4v) is 3.40. The molecule has 0 saturated carbocycles. The number of hydrogen-bond donors (Lipinski definition) is 1. The van der Waals surface area contributed by atoms with Crippen molar-refractivity contribution in [1.82, 2.24) is 0 Å². The lowest BCUT2D eigenvalue weighted by atomic mass is 9.93. The zero-order valence-electron chi connectivity index (χ0n) is 15.5. The van der Waals surface area contributed by atoms with E-state index in [2.05, 4.69) is 6.92 Å². The molecule has 4 aromatic rings. The predicted molar refractivity (Wildman–Crippen MR) is 107 cm³/mol. The number of carbonyl (C=O) groups is 1. The molecule has 0 atom stereocenters. The van der Waals surface area contributed by atoms with E-state index in [1.807, 2.05) is 50.2 Å². The van der Waals surface area contributed by atoms with Crippen LogP contribution in [0.3, 0.4) is 0 Å². The van der Waals surface area contributed by atoms with E-state index >= 15 is 0 Å². The molecule has 0 amide bonds. The summed E-state index contributed by atoms with van der Waals surface area (Å²) in [6, 6.07) is 18.1. The fourth-order valence-electron chi connectivity index (χ4n) is 3.40. The average molecular weight is 356 g/mol. The molecule has 0 spiro atoms. The summed E-state index contributed by atoms with van der Waals surface area (Å²) < 4.78 is 6.05. The van der Waals surface area contributed by atoms with Gasteiger partial charge in [-0.05, 0) is 79.9 Å². The Labute approximate surface area is 157 Å². The molecule has 1 heterocycles. The van der Waals surface area contributed by atoms with Crippen molar-refractivity contribution in [3.8, 4) is 17.1 Å². The van der Waals surface area contributed by atoms with Gasteiger partial charge in [-0.2, -0.15) is 0 Å². The quantitative estimate of drug-likeness (QED) is 0.461. The molecule has 0 saturated heterocycles. The maximum Gasteiger partial charge on any atom is 0.197 e. The average Bonchev–Trinajstić information content (AvgIpc) is 3.05. The molecule has 0 bridgehead atoms. The highest BCUT2D eigenvalue weighted by Gasteiger charge is 2.23. The molecule has 0 aliphatic rings. The van der Waals surface area contributed by atoms with Gasteiger partial charge in [0.05, 0.1) is 5.56 Å². The van der Waals surface area contributed by atoms with Gasteiger partial charge in [0.2, 0.25) is 0 Å². The van der Waals surface area contributed by atoms with Crippen LogP contribution in [0.15, 0.2) is 65.1 Å². The Morgan fingerprint density at radius 1 is 0.889 bits per heavy atom. The summed E-state index contributed by atoms with van der Waals surface area (Å²) in [5.74, 6) is 0.638. The minimum absolute atomic E-state index is 0.0609. The molecule has 3 heteroatoms. The minimum atomic E-state index is -0.0609. The number of rotatable bonds is 3. The van der Waals surface area contributed by atoms with Gasteiger partial charge in [-0.15, -0.1) is 0 Å². The first kappa shape index (κ1) is 17.1. The number of fused-ring (bicyclic) bond motifs is 1. The van der Waals surface area contributed by atoms with Gasteiger partial charge >= 0.3 is 0 Å². The van der Waals surface area contributed by atoms with Crippen LogP contribution < -0.4 is 0 Å². The van der Waals surface area contributed by atoms with Gasteiger partial charge in [-0.1, -0.05) is 18.2 Å². The lowest BCUT2D eigenvalue weighted by Gasteiger charge is -2.09. The highest BCUT2D eigenvalue weighted by molar-refractivity contribution is 6.19. The first-order valence-corrected chi connectivity index (χ1v) is 8.89. The molecular formula is C24H20O3. The molecule has 4 rings (SSSR count). The smallest absolute Gasteiger partial charge is 0.197 e. The van der Waals surface area contributed by atoms with Crippen LogP contribution in [0.2, 0.25) is 0 Å². The zero-order valence-corrected chi connectivity index (χ0v) is 15.5. The molecule has 3 nitrogen and oxygen atoms in total. The molecule has 0 aliphatic carbocycles. The maximum atomic E-state index is 13.5. The second-order valence-electron chi connectivity index (χ2n) is 6.91. The number of hydrogen-bond acceptors (Lipinski definition) is 3. The lowest BCUT2D eigenvalue weighted by molar-refractivity contribution is 0.104. The molecular weight excluding hydrogens is 336 g/mol. The van der Waals surface area contributed by atoms with E-state index in [0.717, 1.165) is 22.1 Å². The van der Waals surface area contributed by atoms with Crippen LogP contribution in [0, 0.1) is 20.8 Å². The van der Waals surface area contributed by atoms with Crippen LogP contribution in [0.4, 0.5) is 0 Å². The first-order chi connectivity index (χ1) is 13.0. The van der Waals surface area contributed by atoms with Crippen molar-refractivity contribution in [2.45, 2.75) is 20.8 Å². The largest absolute Gasteiger partial charge is 0.508 e. The van der Waals surface area contributed by atoms with Crippen molar-refractivity contribution in [2.24, 2.45) is 0 Å². The Morgan fingerprint density at radius 3 is 2.19 bits per heavy atom. The van der Waals surface area contributed by atoms with E-state index < -0.39 is 0 Å². The molecule has 1 N–H and O–H groups in total. The Hall–Kier alpha value is -3.33. The SMILES string of the molecule is Cc1cc(C(=O)c2c(-c3ccc(O)cc3)oc3ccccc23)cc(C)c1C. The Balaban J connectivity index is 1.96. The Morgan fingerprint density at radius 2 is 1.52 bits per heavy atom. The number of aromatic hydroxyl groups is 1. The summed E-state index contributed by atoms with van der Waals surface area (Å²) in [4.78, 5) is 13.5. The first-order valence-electron chi connectivity index (χ1n) is 8.89. The van der Waals surface area contributed by atoms with Crippen LogP contribution in [-0.4, -0.2) is 10.9 Å². The van der Waals surface area contributed by atoms with Gasteiger partial charge in [0, 0.05) is 16.5 Å². The fraction of sp³-hybridized carbons (Fsp3) is 0.125. The van der Waals surface area contributed by atoms with Crippen molar-refractivity contribution in [3.63, 3.8) is 0 Å². The van der Waals surface area contributed by atoms with Gasteiger partial charge < -0.3 is 9.52 Å². The van der Waals surface area contributed by atoms with Gasteiger partial charge in [-0.25, -0.2) is 0 Å². The summed E-state index contributed by atoms with van der Waals surface area (Å²) in [6.45, 7) is 6.11. The normalized spacial score (nSPS) is 11.1. The van der Waals surface area contributed by atoms with E-state index in [9.17, 15) is 9.90 Å². The number of furan rings is 1. The maximum absolute atomic E-state index is 13.5. The van der Waals surface area contributed by atoms with Crippen LogP contribution >= 0.6 is 0 Å². The predicted octanol–water partition coefficient (Wildman–Crippen LogP) is 5.96. The second-order valence-corrected chi connectivity index (χ2v) is 6.91. The van der Waals surface area contributed by atoms with Crippen molar-refractivity contribution in [3.05, 3.63) is 88.5 Å². The third-order valence-electron chi connectivity index (χ3n) is 5.14. The molecule has 0 radical (unpaired) electrons. The number of aryl methyl sites for hydroxylation is 2. The third kappa shape index (κ3) is 2.91. The topological polar surface area (TPSA) is 50.4 Å². The monoisotopic (exact) mass is 356 g/mol. The Bertz CT molecular complexity index is 1140. The van der Waals surface area contributed by atoms with Gasteiger partial charge in [0.15, 0.2) is 5.78 Å². The molecule has 3 aromatic carbocycles. The summed E-state index contributed by atoms with van der Waals surface area (Å²) >= 11 is 0. The van der Waals surface area contributed by atoms with Gasteiger partial charge in [0.25, 0.3) is 0 Å². The van der Waals surface area contributed by atoms with Crippen LogP contribution in [0.25, 0.3) is 22.3 Å². The number of benzene rings is 3. The molecule has 0 aliphatic heterocycles. The number of ketones is 1. The van der Waals surface area contributed by atoms with Crippen LogP contribution in [0.5, 0.6) is 5.75 Å². The summed E-state index contributed by atoms with van der Waals surface area (Å²) in [5, 5.41) is 10.4. The second kappa shape index (κ2) is 6.44. The van der Waals surface area contributed by atoms with E-state index in [4.69, 9.17) is 4.42 Å². The van der Waals surface area contributed by atoms with Crippen LogP contribution in [-0.2, 0) is 0 Å². The summed E-state index contributed by atoms with van der Waals surface area (Å²) in [7, 11) is 0. The van der Waals surface area contributed by atoms with E-state index in [1.165, 1.54) is 5.56 Å². The number of carbonyl (C=O) groups excluding carboxylic acids is 1.